The third-order valence-electron chi connectivity index (χ3n) is 4.15. The highest BCUT2D eigenvalue weighted by Gasteiger charge is 2.09. The Kier molecular flexibility index (Phi) is 8.50. The quantitative estimate of drug-likeness (QED) is 0.582. The van der Waals surface area contributed by atoms with Crippen molar-refractivity contribution in [2.45, 2.75) is 32.8 Å². The van der Waals surface area contributed by atoms with Crippen LogP contribution in [0.3, 0.4) is 0 Å². The van der Waals surface area contributed by atoms with E-state index < -0.39 is 5.97 Å². The third-order valence-corrected chi connectivity index (χ3v) is 4.15. The fraction of sp³-hybridized carbons (Fsp3) is 0.364. The van der Waals surface area contributed by atoms with Crippen LogP contribution in [-0.4, -0.2) is 30.8 Å². The Morgan fingerprint density at radius 2 is 2.00 bits per heavy atom. The number of rotatable bonds is 11. The molecule has 0 amide bonds. The maximum Gasteiger partial charge on any atom is 0.335 e. The van der Waals surface area contributed by atoms with E-state index in [1.165, 1.54) is 0 Å². The van der Waals surface area contributed by atoms with Gasteiger partial charge in [-0.3, -0.25) is 0 Å². The van der Waals surface area contributed by atoms with E-state index in [0.29, 0.717) is 18.8 Å². The molecule has 2 N–H and O–H groups in total. The maximum atomic E-state index is 11.5. The second-order valence-electron chi connectivity index (χ2n) is 6.43. The van der Waals surface area contributed by atoms with E-state index in [2.05, 4.69) is 18.3 Å². The zero-order valence-electron chi connectivity index (χ0n) is 15.7. The molecule has 0 aliphatic heterocycles. The summed E-state index contributed by atoms with van der Waals surface area (Å²) in [5.74, 6) is -0.975. The van der Waals surface area contributed by atoms with Crippen molar-refractivity contribution in [3.63, 3.8) is 0 Å². The third kappa shape index (κ3) is 6.86. The largest absolute Gasteiger partial charge is 0.478 e. The molecule has 0 radical (unpaired) electrons. The van der Waals surface area contributed by atoms with E-state index in [4.69, 9.17) is 10.00 Å². The van der Waals surface area contributed by atoms with Gasteiger partial charge < -0.3 is 15.2 Å². The first-order valence-electron chi connectivity index (χ1n) is 9.30. The summed E-state index contributed by atoms with van der Waals surface area (Å²) in [6, 6.07) is 14.5. The van der Waals surface area contributed by atoms with Crippen LogP contribution in [0.2, 0.25) is 0 Å². The number of unbranched alkanes of at least 4 members (excludes halogenated alkanes) is 1. The molecule has 0 spiro atoms. The Labute approximate surface area is 160 Å². The molecule has 0 bridgehead atoms. The van der Waals surface area contributed by atoms with Gasteiger partial charge in [0.25, 0.3) is 0 Å². The highest BCUT2D eigenvalue weighted by atomic mass is 16.5. The maximum absolute atomic E-state index is 11.5. The standard InChI is InChI=1S/C22H26N2O3/c1-2-8-24-9-3-4-10-27-16-18-12-20(14-21(13-18)22(25)26)19-7-5-6-17(11-19)15-23/h5-7,11-14,24H,2-4,8-10,16H2,1H3,(H,25,26). The average molecular weight is 366 g/mol. The summed E-state index contributed by atoms with van der Waals surface area (Å²) < 4.78 is 5.72. The SMILES string of the molecule is CCCNCCCCOCc1cc(C(=O)O)cc(-c2cccc(C#N)c2)c1. The smallest absolute Gasteiger partial charge is 0.335 e. The molecule has 0 aromatic heterocycles. The molecule has 2 aromatic carbocycles. The van der Waals surface area contributed by atoms with E-state index in [-0.39, 0.29) is 5.56 Å². The number of hydrogen-bond donors (Lipinski definition) is 2. The summed E-state index contributed by atoms with van der Waals surface area (Å²) in [4.78, 5) is 11.5. The Morgan fingerprint density at radius 1 is 1.15 bits per heavy atom. The number of nitrogens with one attached hydrogen (secondary N) is 1. The predicted molar refractivity (Wildman–Crippen MR) is 106 cm³/mol. The number of hydrogen-bond acceptors (Lipinski definition) is 4. The van der Waals surface area contributed by atoms with Crippen molar-refractivity contribution in [2.24, 2.45) is 0 Å². The number of nitriles is 1. The number of carboxylic acids is 1. The van der Waals surface area contributed by atoms with Gasteiger partial charge in [-0.1, -0.05) is 19.1 Å². The van der Waals surface area contributed by atoms with Crippen molar-refractivity contribution >= 4 is 5.97 Å². The number of aromatic carboxylic acids is 1. The van der Waals surface area contributed by atoms with Crippen molar-refractivity contribution in [2.75, 3.05) is 19.7 Å². The molecule has 0 atom stereocenters. The highest BCUT2D eigenvalue weighted by molar-refractivity contribution is 5.89. The molecule has 0 aliphatic carbocycles. The van der Waals surface area contributed by atoms with E-state index in [0.717, 1.165) is 49.0 Å². The van der Waals surface area contributed by atoms with Gasteiger partial charge in [-0.05, 0) is 79.4 Å². The Hall–Kier alpha value is -2.68. The van der Waals surface area contributed by atoms with Crippen molar-refractivity contribution in [1.82, 2.24) is 5.32 Å². The molecule has 0 unspecified atom stereocenters. The Bertz CT molecular complexity index is 796. The van der Waals surface area contributed by atoms with Gasteiger partial charge in [0, 0.05) is 6.61 Å². The lowest BCUT2D eigenvalue weighted by atomic mass is 9.98. The highest BCUT2D eigenvalue weighted by Crippen LogP contribution is 2.24. The van der Waals surface area contributed by atoms with Gasteiger partial charge in [0.2, 0.25) is 0 Å². The molecule has 0 saturated heterocycles. The molecule has 2 rings (SSSR count). The molecule has 2 aromatic rings. The van der Waals surface area contributed by atoms with Crippen molar-refractivity contribution < 1.29 is 14.6 Å². The fourth-order valence-corrected chi connectivity index (χ4v) is 2.78. The minimum absolute atomic E-state index is 0.220. The van der Waals surface area contributed by atoms with Crippen LogP contribution in [-0.2, 0) is 11.3 Å². The number of benzene rings is 2. The second-order valence-corrected chi connectivity index (χ2v) is 6.43. The summed E-state index contributed by atoms with van der Waals surface area (Å²) in [7, 11) is 0. The van der Waals surface area contributed by atoms with Crippen molar-refractivity contribution in [1.29, 1.82) is 5.26 Å². The number of carbonyl (C=O) groups is 1. The first kappa shape index (κ1) is 20.6. The normalized spacial score (nSPS) is 10.5. The molecular weight excluding hydrogens is 340 g/mol. The van der Waals surface area contributed by atoms with Crippen LogP contribution in [0.15, 0.2) is 42.5 Å². The van der Waals surface area contributed by atoms with E-state index >= 15 is 0 Å². The molecule has 0 fully saturated rings. The molecule has 27 heavy (non-hydrogen) atoms. The van der Waals surface area contributed by atoms with Gasteiger partial charge in [0.05, 0.1) is 23.8 Å². The molecular formula is C22H26N2O3. The van der Waals surface area contributed by atoms with Crippen LogP contribution in [0.5, 0.6) is 0 Å². The predicted octanol–water partition coefficient (Wildman–Crippen LogP) is 4.22. The molecule has 5 nitrogen and oxygen atoms in total. The van der Waals surface area contributed by atoms with Crippen LogP contribution in [0.1, 0.15) is 47.7 Å². The number of nitrogens with zero attached hydrogens (tertiary/aromatic N) is 1. The average Bonchev–Trinajstić information content (AvgIpc) is 2.69. The lowest BCUT2D eigenvalue weighted by molar-refractivity contribution is 0.0696. The fourth-order valence-electron chi connectivity index (χ4n) is 2.78. The molecule has 0 heterocycles. The topological polar surface area (TPSA) is 82.3 Å². The van der Waals surface area contributed by atoms with Gasteiger partial charge in [-0.25, -0.2) is 4.79 Å². The van der Waals surface area contributed by atoms with Crippen LogP contribution in [0, 0.1) is 11.3 Å². The number of carboxylic acid groups (broad SMARTS) is 1. The Morgan fingerprint density at radius 3 is 2.74 bits per heavy atom. The molecule has 5 heteroatoms. The number of ether oxygens (including phenoxy) is 1. The van der Waals surface area contributed by atoms with E-state index in [9.17, 15) is 9.90 Å². The summed E-state index contributed by atoms with van der Waals surface area (Å²) >= 11 is 0. The van der Waals surface area contributed by atoms with Crippen LogP contribution >= 0.6 is 0 Å². The zero-order chi connectivity index (χ0) is 19.5. The van der Waals surface area contributed by atoms with Crippen molar-refractivity contribution in [3.8, 4) is 17.2 Å². The van der Waals surface area contributed by atoms with E-state index in [1.54, 1.807) is 30.3 Å². The van der Waals surface area contributed by atoms with E-state index in [1.807, 2.05) is 12.1 Å². The van der Waals surface area contributed by atoms with Crippen LogP contribution in [0.4, 0.5) is 0 Å². The zero-order valence-corrected chi connectivity index (χ0v) is 15.7. The lowest BCUT2D eigenvalue weighted by Gasteiger charge is -2.10. The van der Waals surface area contributed by atoms with Gasteiger partial charge in [0.1, 0.15) is 0 Å². The van der Waals surface area contributed by atoms with Crippen LogP contribution < -0.4 is 5.32 Å². The lowest BCUT2D eigenvalue weighted by Crippen LogP contribution is -2.16. The van der Waals surface area contributed by atoms with Gasteiger partial charge in [0.15, 0.2) is 0 Å². The minimum Gasteiger partial charge on any atom is -0.478 e. The summed E-state index contributed by atoms with van der Waals surface area (Å²) in [6.45, 7) is 5.19. The Balaban J connectivity index is 2.01. The first-order valence-corrected chi connectivity index (χ1v) is 9.30. The van der Waals surface area contributed by atoms with Gasteiger partial charge in [-0.2, -0.15) is 5.26 Å². The molecule has 0 saturated carbocycles. The minimum atomic E-state index is -0.975. The first-order chi connectivity index (χ1) is 13.1. The molecule has 0 aliphatic rings. The summed E-state index contributed by atoms with van der Waals surface area (Å²) in [5.41, 5.74) is 3.17. The molecule has 142 valence electrons. The summed E-state index contributed by atoms with van der Waals surface area (Å²) in [5, 5.41) is 21.8. The van der Waals surface area contributed by atoms with Crippen molar-refractivity contribution in [3.05, 3.63) is 59.2 Å². The monoisotopic (exact) mass is 366 g/mol. The summed E-state index contributed by atoms with van der Waals surface area (Å²) in [6.07, 6.45) is 3.16. The van der Waals surface area contributed by atoms with Gasteiger partial charge in [-0.15, -0.1) is 0 Å². The van der Waals surface area contributed by atoms with Crippen LogP contribution in [0.25, 0.3) is 11.1 Å². The second kappa shape index (κ2) is 11.1. The van der Waals surface area contributed by atoms with Gasteiger partial charge >= 0.3 is 5.97 Å².